The number of morpholine rings is 1. The minimum atomic E-state index is -1.66. The van der Waals surface area contributed by atoms with Crippen LogP contribution in [0.3, 0.4) is 0 Å². The van der Waals surface area contributed by atoms with Gasteiger partial charge in [0.05, 0.1) is 19.8 Å². The van der Waals surface area contributed by atoms with Gasteiger partial charge in [-0.25, -0.2) is 0 Å². The summed E-state index contributed by atoms with van der Waals surface area (Å²) >= 11 is 0. The summed E-state index contributed by atoms with van der Waals surface area (Å²) in [6.07, 6.45) is -5.96. The molecule has 1 aromatic carbocycles. The number of anilines is 1. The van der Waals surface area contributed by atoms with Crippen molar-refractivity contribution < 1.29 is 34.7 Å². The number of rotatable bonds is 8. The highest BCUT2D eigenvalue weighted by Crippen LogP contribution is 2.23. The molecule has 11 nitrogen and oxygen atoms in total. The van der Waals surface area contributed by atoms with E-state index in [-0.39, 0.29) is 5.57 Å². The number of allylic oxidation sites excluding steroid dienone is 1. The predicted molar refractivity (Wildman–Crippen MR) is 122 cm³/mol. The molecule has 186 valence electrons. The third kappa shape index (κ3) is 6.31. The molecule has 2 aliphatic rings. The van der Waals surface area contributed by atoms with Crippen LogP contribution in [0, 0.1) is 11.3 Å². The number of hydrogen-bond donors (Lipinski definition) is 6. The number of hydrogen-bond acceptors (Lipinski definition) is 10. The Morgan fingerprint density at radius 2 is 1.85 bits per heavy atom. The zero-order chi connectivity index (χ0) is 24.7. The van der Waals surface area contributed by atoms with Gasteiger partial charge in [0.25, 0.3) is 5.91 Å². The monoisotopic (exact) mass is 476 g/mol. The Bertz CT molecular complexity index is 896. The molecule has 0 radical (unpaired) electrons. The maximum Gasteiger partial charge on any atom is 0.262 e. The number of carbonyl (C=O) groups excluding carboxylic acids is 1. The largest absolute Gasteiger partial charge is 0.394 e. The highest BCUT2D eigenvalue weighted by Gasteiger charge is 2.44. The first-order valence-electron chi connectivity index (χ1n) is 11.2. The number of nitrogens with zero attached hydrogens (tertiary/aromatic N) is 2. The van der Waals surface area contributed by atoms with Crippen LogP contribution in [0.5, 0.6) is 0 Å². The van der Waals surface area contributed by atoms with Gasteiger partial charge in [0.15, 0.2) is 6.29 Å². The summed E-state index contributed by atoms with van der Waals surface area (Å²) in [4.78, 5) is 15.1. The zero-order valence-electron chi connectivity index (χ0n) is 19.1. The van der Waals surface area contributed by atoms with Gasteiger partial charge in [-0.2, -0.15) is 5.26 Å². The van der Waals surface area contributed by atoms with Gasteiger partial charge in [0, 0.05) is 31.9 Å². The summed E-state index contributed by atoms with van der Waals surface area (Å²) in [6, 6.07) is 7.79. The molecule has 1 unspecified atom stereocenters. The van der Waals surface area contributed by atoms with Gasteiger partial charge in [-0.1, -0.05) is 12.1 Å². The van der Waals surface area contributed by atoms with E-state index < -0.39 is 43.2 Å². The van der Waals surface area contributed by atoms with Gasteiger partial charge in [-0.05, 0) is 30.2 Å². The number of benzene rings is 1. The van der Waals surface area contributed by atoms with E-state index in [1.54, 1.807) is 19.1 Å². The first kappa shape index (κ1) is 26.1. The Morgan fingerprint density at radius 3 is 2.47 bits per heavy atom. The fraction of sp³-hybridized carbons (Fsp3) is 0.565. The number of nitriles is 1. The second kappa shape index (κ2) is 12.2. The molecule has 2 aliphatic heterocycles. The highest BCUT2D eigenvalue weighted by atomic mass is 16.6. The average Bonchev–Trinajstić information content (AvgIpc) is 2.85. The molecule has 0 bridgehead atoms. The first-order chi connectivity index (χ1) is 16.3. The van der Waals surface area contributed by atoms with Gasteiger partial charge < -0.3 is 40.5 Å². The van der Waals surface area contributed by atoms with Crippen molar-refractivity contribution in [3.63, 3.8) is 0 Å². The fourth-order valence-corrected chi connectivity index (χ4v) is 3.95. The Hall–Kier alpha value is -2.56. The molecule has 2 fully saturated rings. The van der Waals surface area contributed by atoms with Crippen molar-refractivity contribution in [1.29, 1.82) is 5.26 Å². The summed E-state index contributed by atoms with van der Waals surface area (Å²) < 4.78 is 10.4. The molecule has 2 heterocycles. The molecule has 1 amide bonds. The van der Waals surface area contributed by atoms with E-state index in [2.05, 4.69) is 15.5 Å². The molecule has 6 N–H and O–H groups in total. The number of aliphatic hydroxyl groups is 4. The van der Waals surface area contributed by atoms with Crippen LogP contribution in [-0.4, -0.2) is 108 Å². The molecule has 0 aliphatic carbocycles. The molecule has 0 saturated carbocycles. The minimum absolute atomic E-state index is 0.203. The van der Waals surface area contributed by atoms with Crippen LogP contribution < -0.4 is 10.6 Å². The third-order valence-electron chi connectivity index (χ3n) is 6.09. The van der Waals surface area contributed by atoms with Crippen molar-refractivity contribution in [2.45, 2.75) is 37.6 Å². The molecular weight excluding hydrogens is 444 g/mol. The first-order valence-corrected chi connectivity index (χ1v) is 11.2. The molecular formula is C23H32N4O7. The van der Waals surface area contributed by atoms with Crippen LogP contribution in [0.2, 0.25) is 0 Å². The SMILES string of the molecule is C/C(=C(/C#N)C(=O)N[C@H]1C(O)O[C@H](CO)[C@@H](O)[C@@H]1O)c1ccc(NCCN2CCOCC2)cc1. The second-order valence-electron chi connectivity index (χ2n) is 8.30. The lowest BCUT2D eigenvalue weighted by Crippen LogP contribution is -2.64. The highest BCUT2D eigenvalue weighted by molar-refractivity contribution is 6.04. The standard InChI is InChI=1S/C23H32N4O7/c1-14(15-2-4-16(5-3-15)25-6-7-27-8-10-33-11-9-27)17(12-24)22(31)26-19-21(30)20(29)18(13-28)34-23(19)32/h2-5,18-21,23,25,28-30,32H,6-11,13H2,1H3,(H,26,31)/b17-14+/t18-,19-,20-,21-,23?/m1/s1. The number of aliphatic hydroxyl groups excluding tert-OH is 4. The molecule has 5 atom stereocenters. The number of ether oxygens (including phenoxy) is 2. The fourth-order valence-electron chi connectivity index (χ4n) is 3.95. The maximum absolute atomic E-state index is 12.7. The number of carbonyl (C=O) groups is 1. The molecule has 3 rings (SSSR count). The predicted octanol–water partition coefficient (Wildman–Crippen LogP) is -1.36. The molecule has 34 heavy (non-hydrogen) atoms. The summed E-state index contributed by atoms with van der Waals surface area (Å²) in [5, 5.41) is 54.7. The Balaban J connectivity index is 1.62. The van der Waals surface area contributed by atoms with E-state index in [9.17, 15) is 25.4 Å². The smallest absolute Gasteiger partial charge is 0.262 e. The van der Waals surface area contributed by atoms with E-state index in [4.69, 9.17) is 14.6 Å². The van der Waals surface area contributed by atoms with E-state index in [0.717, 1.165) is 45.1 Å². The van der Waals surface area contributed by atoms with Crippen molar-refractivity contribution in [1.82, 2.24) is 10.2 Å². The molecule has 1 aromatic rings. The van der Waals surface area contributed by atoms with E-state index in [0.29, 0.717) is 11.1 Å². The average molecular weight is 477 g/mol. The van der Waals surface area contributed by atoms with E-state index in [1.165, 1.54) is 0 Å². The normalized spacial score (nSPS) is 28.5. The summed E-state index contributed by atoms with van der Waals surface area (Å²) in [5.74, 6) is -0.825. The van der Waals surface area contributed by atoms with Crippen LogP contribution in [0.4, 0.5) is 5.69 Å². The zero-order valence-corrected chi connectivity index (χ0v) is 19.1. The number of amides is 1. The Kier molecular flexibility index (Phi) is 9.37. The van der Waals surface area contributed by atoms with E-state index >= 15 is 0 Å². The van der Waals surface area contributed by atoms with E-state index in [1.807, 2.05) is 18.2 Å². The van der Waals surface area contributed by atoms with Crippen molar-refractivity contribution in [3.05, 3.63) is 35.4 Å². The van der Waals surface area contributed by atoms with Gasteiger partial charge in [-0.15, -0.1) is 0 Å². The lowest BCUT2D eigenvalue weighted by atomic mass is 9.96. The molecule has 0 aromatic heterocycles. The molecule has 11 heteroatoms. The van der Waals surface area contributed by atoms with Crippen LogP contribution in [0.1, 0.15) is 12.5 Å². The summed E-state index contributed by atoms with van der Waals surface area (Å²) in [7, 11) is 0. The molecule has 2 saturated heterocycles. The lowest BCUT2D eigenvalue weighted by Gasteiger charge is -2.40. The molecule has 0 spiro atoms. The Morgan fingerprint density at radius 1 is 1.18 bits per heavy atom. The topological polar surface area (TPSA) is 168 Å². The maximum atomic E-state index is 12.7. The van der Waals surface area contributed by atoms with Crippen LogP contribution in [0.15, 0.2) is 29.8 Å². The van der Waals surface area contributed by atoms with Crippen LogP contribution in [0.25, 0.3) is 5.57 Å². The third-order valence-corrected chi connectivity index (χ3v) is 6.09. The van der Waals surface area contributed by atoms with Crippen molar-refractivity contribution in [2.75, 3.05) is 51.3 Å². The van der Waals surface area contributed by atoms with Crippen molar-refractivity contribution in [3.8, 4) is 6.07 Å². The van der Waals surface area contributed by atoms with Crippen LogP contribution in [-0.2, 0) is 14.3 Å². The Labute approximate surface area is 198 Å². The van der Waals surface area contributed by atoms with Gasteiger partial charge >= 0.3 is 0 Å². The van der Waals surface area contributed by atoms with Crippen molar-refractivity contribution in [2.24, 2.45) is 0 Å². The second-order valence-corrected chi connectivity index (χ2v) is 8.30. The lowest BCUT2D eigenvalue weighted by molar-refractivity contribution is -0.253. The summed E-state index contributed by atoms with van der Waals surface area (Å²) in [6.45, 7) is 6.04. The van der Waals surface area contributed by atoms with Crippen LogP contribution >= 0.6 is 0 Å². The summed E-state index contributed by atoms with van der Waals surface area (Å²) in [5.41, 5.74) is 1.78. The van der Waals surface area contributed by atoms with Gasteiger partial charge in [0.2, 0.25) is 0 Å². The van der Waals surface area contributed by atoms with Gasteiger partial charge in [-0.3, -0.25) is 9.69 Å². The quantitative estimate of drug-likeness (QED) is 0.195. The van der Waals surface area contributed by atoms with Crippen molar-refractivity contribution >= 4 is 17.2 Å². The number of nitrogens with one attached hydrogen (secondary N) is 2. The minimum Gasteiger partial charge on any atom is -0.394 e. The van der Waals surface area contributed by atoms with Gasteiger partial charge in [0.1, 0.15) is 36.0 Å².